The second kappa shape index (κ2) is 6.94. The lowest BCUT2D eigenvalue weighted by Gasteiger charge is -2.34. The van der Waals surface area contributed by atoms with Gasteiger partial charge >= 0.3 is 6.18 Å². The normalized spacial score (nSPS) is 16.4. The van der Waals surface area contributed by atoms with Crippen LogP contribution in [0.3, 0.4) is 0 Å². The third kappa shape index (κ3) is 3.79. The summed E-state index contributed by atoms with van der Waals surface area (Å²) in [6.45, 7) is 3.03. The van der Waals surface area contributed by atoms with Crippen LogP contribution >= 0.6 is 11.3 Å². The minimum atomic E-state index is -4.52. The van der Waals surface area contributed by atoms with Crippen molar-refractivity contribution in [3.8, 4) is 0 Å². The highest BCUT2D eigenvalue weighted by molar-refractivity contribution is 7.09. The van der Waals surface area contributed by atoms with Crippen LogP contribution in [0.25, 0.3) is 0 Å². The molecule has 0 radical (unpaired) electrons. The van der Waals surface area contributed by atoms with Crippen molar-refractivity contribution in [2.24, 2.45) is 0 Å². The summed E-state index contributed by atoms with van der Waals surface area (Å²) in [5, 5.41) is 2.02. The predicted octanol–water partition coefficient (Wildman–Crippen LogP) is 3.72. The Labute approximate surface area is 142 Å². The van der Waals surface area contributed by atoms with Gasteiger partial charge in [0.25, 0.3) is 5.91 Å². The first-order chi connectivity index (χ1) is 11.4. The lowest BCUT2D eigenvalue weighted by molar-refractivity contribution is -0.138. The van der Waals surface area contributed by atoms with Gasteiger partial charge in [-0.25, -0.2) is 0 Å². The molecule has 0 unspecified atom stereocenters. The first-order valence-corrected chi connectivity index (χ1v) is 8.53. The second-order valence-corrected chi connectivity index (χ2v) is 6.72. The summed E-state index contributed by atoms with van der Waals surface area (Å²) >= 11 is 1.68. The molecule has 2 aromatic rings. The van der Waals surface area contributed by atoms with Gasteiger partial charge in [-0.3, -0.25) is 9.69 Å². The average molecular weight is 354 g/mol. The van der Waals surface area contributed by atoms with E-state index < -0.39 is 17.6 Å². The number of amides is 1. The second-order valence-electron chi connectivity index (χ2n) is 5.69. The molecule has 3 nitrogen and oxygen atoms in total. The van der Waals surface area contributed by atoms with Crippen molar-refractivity contribution in [3.05, 3.63) is 57.8 Å². The molecule has 0 saturated carbocycles. The zero-order valence-corrected chi connectivity index (χ0v) is 13.7. The SMILES string of the molecule is O=C(c1ccccc1C(F)(F)F)N1CCN(Cc2cccs2)CC1. The van der Waals surface area contributed by atoms with Gasteiger partial charge in [-0.1, -0.05) is 18.2 Å². The molecular weight excluding hydrogens is 337 g/mol. The predicted molar refractivity (Wildman–Crippen MR) is 86.9 cm³/mol. The van der Waals surface area contributed by atoms with Crippen LogP contribution in [-0.2, 0) is 12.7 Å². The quantitative estimate of drug-likeness (QED) is 0.839. The van der Waals surface area contributed by atoms with E-state index in [0.717, 1.165) is 12.6 Å². The summed E-state index contributed by atoms with van der Waals surface area (Å²) < 4.78 is 39.2. The van der Waals surface area contributed by atoms with Gasteiger partial charge in [-0.15, -0.1) is 11.3 Å². The molecule has 0 aliphatic carbocycles. The third-order valence-corrected chi connectivity index (χ3v) is 4.94. The molecular formula is C17H17F3N2OS. The molecule has 0 N–H and O–H groups in total. The van der Waals surface area contributed by atoms with Crippen LogP contribution in [0.5, 0.6) is 0 Å². The van der Waals surface area contributed by atoms with Gasteiger partial charge in [-0.2, -0.15) is 13.2 Å². The number of carbonyl (C=O) groups excluding carboxylic acids is 1. The number of carbonyl (C=O) groups is 1. The Morgan fingerprint density at radius 3 is 2.38 bits per heavy atom. The van der Waals surface area contributed by atoms with Gasteiger partial charge in [0.1, 0.15) is 0 Å². The molecule has 0 spiro atoms. The van der Waals surface area contributed by atoms with Gasteiger partial charge in [0, 0.05) is 37.6 Å². The first-order valence-electron chi connectivity index (χ1n) is 7.65. The zero-order valence-electron chi connectivity index (χ0n) is 12.9. The Morgan fingerprint density at radius 1 is 1.04 bits per heavy atom. The fourth-order valence-corrected chi connectivity index (χ4v) is 3.57. The van der Waals surface area contributed by atoms with Gasteiger partial charge in [0.15, 0.2) is 0 Å². The van der Waals surface area contributed by atoms with Crippen molar-refractivity contribution in [3.63, 3.8) is 0 Å². The Kier molecular flexibility index (Phi) is 4.91. The number of thiophene rings is 1. The third-order valence-electron chi connectivity index (χ3n) is 4.08. The van der Waals surface area contributed by atoms with Gasteiger partial charge in [-0.05, 0) is 23.6 Å². The molecule has 1 fully saturated rings. The molecule has 128 valence electrons. The van der Waals surface area contributed by atoms with E-state index in [1.165, 1.54) is 28.0 Å². The lowest BCUT2D eigenvalue weighted by atomic mass is 10.1. The monoisotopic (exact) mass is 354 g/mol. The van der Waals surface area contributed by atoms with E-state index in [0.29, 0.717) is 26.2 Å². The summed E-state index contributed by atoms with van der Waals surface area (Å²) in [5.41, 5.74) is -1.13. The van der Waals surface area contributed by atoms with Crippen molar-refractivity contribution in [2.45, 2.75) is 12.7 Å². The van der Waals surface area contributed by atoms with Crippen LogP contribution in [0.4, 0.5) is 13.2 Å². The zero-order chi connectivity index (χ0) is 17.2. The van der Waals surface area contributed by atoms with Gasteiger partial charge in [0.05, 0.1) is 11.1 Å². The smallest absolute Gasteiger partial charge is 0.336 e. The molecule has 0 atom stereocenters. The average Bonchev–Trinajstić information content (AvgIpc) is 3.07. The maximum absolute atomic E-state index is 13.1. The molecule has 1 aromatic heterocycles. The van der Waals surface area contributed by atoms with Crippen LogP contribution in [0, 0.1) is 0 Å². The maximum Gasteiger partial charge on any atom is 0.417 e. The number of benzene rings is 1. The van der Waals surface area contributed by atoms with Crippen LogP contribution in [-0.4, -0.2) is 41.9 Å². The van der Waals surface area contributed by atoms with E-state index in [2.05, 4.69) is 11.0 Å². The number of rotatable bonds is 3. The van der Waals surface area contributed by atoms with E-state index in [1.54, 1.807) is 11.3 Å². The van der Waals surface area contributed by atoms with Crippen molar-refractivity contribution in [1.29, 1.82) is 0 Å². The van der Waals surface area contributed by atoms with E-state index in [1.807, 2.05) is 11.4 Å². The van der Waals surface area contributed by atoms with Crippen molar-refractivity contribution >= 4 is 17.2 Å². The summed E-state index contributed by atoms with van der Waals surface area (Å²) in [7, 11) is 0. The molecule has 1 aromatic carbocycles. The standard InChI is InChI=1S/C17H17F3N2OS/c18-17(19,20)15-6-2-1-5-14(15)16(23)22-9-7-21(8-10-22)12-13-4-3-11-24-13/h1-6,11H,7-10,12H2. The van der Waals surface area contributed by atoms with Crippen LogP contribution in [0.2, 0.25) is 0 Å². The van der Waals surface area contributed by atoms with Crippen molar-refractivity contribution in [2.75, 3.05) is 26.2 Å². The largest absolute Gasteiger partial charge is 0.417 e. The number of hydrogen-bond donors (Lipinski definition) is 0. The molecule has 24 heavy (non-hydrogen) atoms. The van der Waals surface area contributed by atoms with E-state index in [9.17, 15) is 18.0 Å². The highest BCUT2D eigenvalue weighted by Crippen LogP contribution is 2.32. The highest BCUT2D eigenvalue weighted by Gasteiger charge is 2.36. The Bertz CT molecular complexity index is 692. The van der Waals surface area contributed by atoms with Crippen molar-refractivity contribution in [1.82, 2.24) is 9.80 Å². The fraction of sp³-hybridized carbons (Fsp3) is 0.353. The first kappa shape index (κ1) is 17.0. The van der Waals surface area contributed by atoms with E-state index >= 15 is 0 Å². The molecule has 2 heterocycles. The van der Waals surface area contributed by atoms with E-state index in [-0.39, 0.29) is 5.56 Å². The van der Waals surface area contributed by atoms with E-state index in [4.69, 9.17) is 0 Å². The van der Waals surface area contributed by atoms with Crippen LogP contribution in [0.1, 0.15) is 20.8 Å². The van der Waals surface area contributed by atoms with Crippen molar-refractivity contribution < 1.29 is 18.0 Å². The summed E-state index contributed by atoms with van der Waals surface area (Å²) in [4.78, 5) is 17.5. The molecule has 1 amide bonds. The minimum absolute atomic E-state index is 0.267. The topological polar surface area (TPSA) is 23.6 Å². The summed E-state index contributed by atoms with van der Waals surface area (Å²) in [6, 6.07) is 9.03. The number of nitrogens with zero attached hydrogens (tertiary/aromatic N) is 2. The van der Waals surface area contributed by atoms with Gasteiger partial charge < -0.3 is 4.90 Å². The fourth-order valence-electron chi connectivity index (χ4n) is 2.82. The molecule has 1 saturated heterocycles. The summed E-state index contributed by atoms with van der Waals surface area (Å²) in [6.07, 6.45) is -4.52. The lowest BCUT2D eigenvalue weighted by Crippen LogP contribution is -2.48. The number of halogens is 3. The van der Waals surface area contributed by atoms with Crippen LogP contribution in [0.15, 0.2) is 41.8 Å². The minimum Gasteiger partial charge on any atom is -0.336 e. The Balaban J connectivity index is 1.66. The molecule has 1 aliphatic heterocycles. The van der Waals surface area contributed by atoms with Gasteiger partial charge in [0.2, 0.25) is 0 Å². The number of piperazine rings is 1. The number of alkyl halides is 3. The number of hydrogen-bond acceptors (Lipinski definition) is 3. The molecule has 7 heteroatoms. The molecule has 0 bridgehead atoms. The van der Waals surface area contributed by atoms with Crippen LogP contribution < -0.4 is 0 Å². The molecule has 3 rings (SSSR count). The highest BCUT2D eigenvalue weighted by atomic mass is 32.1. The summed E-state index contributed by atoms with van der Waals surface area (Å²) in [5.74, 6) is -0.543. The Morgan fingerprint density at radius 2 is 1.75 bits per heavy atom. The Hall–Kier alpha value is -1.86. The molecule has 1 aliphatic rings. The maximum atomic E-state index is 13.1.